The van der Waals surface area contributed by atoms with Crippen molar-refractivity contribution < 1.29 is 18.7 Å². The van der Waals surface area contributed by atoms with Crippen LogP contribution in [-0.4, -0.2) is 24.0 Å². The zero-order chi connectivity index (χ0) is 15.4. The largest absolute Gasteiger partial charge is 0.449 e. The Morgan fingerprint density at radius 1 is 1.38 bits per heavy atom. The molecule has 0 aliphatic heterocycles. The van der Waals surface area contributed by atoms with Gasteiger partial charge in [-0.05, 0) is 38.0 Å². The van der Waals surface area contributed by atoms with Crippen LogP contribution >= 0.6 is 0 Å². The van der Waals surface area contributed by atoms with Crippen molar-refractivity contribution in [1.29, 1.82) is 0 Å². The van der Waals surface area contributed by atoms with Crippen LogP contribution in [0.3, 0.4) is 0 Å². The van der Waals surface area contributed by atoms with Crippen LogP contribution in [0, 0.1) is 5.82 Å². The number of anilines is 1. The van der Waals surface area contributed by atoms with E-state index in [1.807, 2.05) is 0 Å². The Kier molecular flexibility index (Phi) is 4.77. The van der Waals surface area contributed by atoms with E-state index in [2.05, 4.69) is 5.32 Å². The highest BCUT2D eigenvalue weighted by molar-refractivity contribution is 5.93. The Balaban J connectivity index is 1.91. The van der Waals surface area contributed by atoms with Crippen molar-refractivity contribution in [2.45, 2.75) is 44.8 Å². The summed E-state index contributed by atoms with van der Waals surface area (Å²) in [5.41, 5.74) is 5.38. The topological polar surface area (TPSA) is 81.4 Å². The minimum atomic E-state index is -0.899. The van der Waals surface area contributed by atoms with Crippen LogP contribution in [0.15, 0.2) is 18.2 Å². The molecule has 0 heterocycles. The predicted octanol–water partition coefficient (Wildman–Crippen LogP) is 2.01. The van der Waals surface area contributed by atoms with Crippen molar-refractivity contribution in [2.24, 2.45) is 0 Å². The summed E-state index contributed by atoms with van der Waals surface area (Å²) >= 11 is 0. The number of rotatable bonds is 4. The second kappa shape index (κ2) is 6.56. The molecule has 0 radical (unpaired) electrons. The summed E-state index contributed by atoms with van der Waals surface area (Å²) in [4.78, 5) is 23.8. The molecule has 0 saturated heterocycles. The Morgan fingerprint density at radius 2 is 2.05 bits per heavy atom. The van der Waals surface area contributed by atoms with Gasteiger partial charge >= 0.3 is 5.97 Å². The van der Waals surface area contributed by atoms with Gasteiger partial charge in [-0.1, -0.05) is 12.8 Å². The fourth-order valence-corrected chi connectivity index (χ4v) is 2.34. The summed E-state index contributed by atoms with van der Waals surface area (Å²) in [6, 6.07) is 3.73. The van der Waals surface area contributed by atoms with Crippen LogP contribution in [0.25, 0.3) is 0 Å². The van der Waals surface area contributed by atoms with E-state index >= 15 is 0 Å². The average Bonchev–Trinajstić information content (AvgIpc) is 2.94. The third-order valence-corrected chi connectivity index (χ3v) is 3.59. The summed E-state index contributed by atoms with van der Waals surface area (Å²) in [5.74, 6) is -1.61. The summed E-state index contributed by atoms with van der Waals surface area (Å²) in [6.07, 6.45) is 3.23. The van der Waals surface area contributed by atoms with E-state index in [-0.39, 0.29) is 23.2 Å². The average molecular weight is 294 g/mol. The number of carbonyl (C=O) groups is 2. The van der Waals surface area contributed by atoms with Crippen molar-refractivity contribution in [3.05, 3.63) is 29.6 Å². The standard InChI is InChI=1S/C15H19FN2O3/c1-9(14(19)18-11-4-2-3-5-11)21-15(20)10-6-7-12(16)13(17)8-10/h6-9,11H,2-5,17H2,1H3,(H,18,19). The Bertz CT molecular complexity index is 542. The fraction of sp³-hybridized carbons (Fsp3) is 0.467. The van der Waals surface area contributed by atoms with Gasteiger partial charge in [0, 0.05) is 6.04 Å². The van der Waals surface area contributed by atoms with Crippen molar-refractivity contribution >= 4 is 17.6 Å². The second-order valence-electron chi connectivity index (χ2n) is 5.27. The lowest BCUT2D eigenvalue weighted by molar-refractivity contribution is -0.129. The van der Waals surface area contributed by atoms with Gasteiger partial charge < -0.3 is 15.8 Å². The van der Waals surface area contributed by atoms with Gasteiger partial charge in [-0.15, -0.1) is 0 Å². The molecule has 0 bridgehead atoms. The summed E-state index contributed by atoms with van der Waals surface area (Å²) in [5, 5.41) is 2.86. The molecule has 1 atom stereocenters. The third-order valence-electron chi connectivity index (χ3n) is 3.59. The van der Waals surface area contributed by atoms with Crippen LogP contribution in [0.2, 0.25) is 0 Å². The van der Waals surface area contributed by atoms with E-state index in [1.165, 1.54) is 19.1 Å². The maximum atomic E-state index is 13.0. The zero-order valence-corrected chi connectivity index (χ0v) is 11.9. The van der Waals surface area contributed by atoms with Crippen molar-refractivity contribution in [1.82, 2.24) is 5.32 Å². The van der Waals surface area contributed by atoms with Crippen molar-refractivity contribution in [3.8, 4) is 0 Å². The smallest absolute Gasteiger partial charge is 0.338 e. The van der Waals surface area contributed by atoms with Crippen LogP contribution < -0.4 is 11.1 Å². The normalized spacial score (nSPS) is 16.5. The van der Waals surface area contributed by atoms with Gasteiger partial charge in [0.1, 0.15) is 5.82 Å². The molecule has 3 N–H and O–H groups in total. The maximum absolute atomic E-state index is 13.0. The monoisotopic (exact) mass is 294 g/mol. The van der Waals surface area contributed by atoms with E-state index in [9.17, 15) is 14.0 Å². The molecule has 1 saturated carbocycles. The Hall–Kier alpha value is -2.11. The lowest BCUT2D eigenvalue weighted by Gasteiger charge is -2.17. The number of nitrogens with two attached hydrogens (primary N) is 1. The first-order valence-corrected chi connectivity index (χ1v) is 7.03. The van der Waals surface area contributed by atoms with Crippen LogP contribution in [-0.2, 0) is 9.53 Å². The lowest BCUT2D eigenvalue weighted by Crippen LogP contribution is -2.40. The maximum Gasteiger partial charge on any atom is 0.338 e. The SMILES string of the molecule is CC(OC(=O)c1ccc(F)c(N)c1)C(=O)NC1CCCC1. The number of amides is 1. The quantitative estimate of drug-likeness (QED) is 0.657. The van der Waals surface area contributed by atoms with Crippen molar-refractivity contribution in [2.75, 3.05) is 5.73 Å². The Morgan fingerprint density at radius 3 is 2.67 bits per heavy atom. The minimum absolute atomic E-state index is 0.120. The molecule has 2 rings (SSSR count). The molecule has 1 aliphatic rings. The number of esters is 1. The highest BCUT2D eigenvalue weighted by Gasteiger charge is 2.23. The zero-order valence-electron chi connectivity index (χ0n) is 11.9. The van der Waals surface area contributed by atoms with Crippen LogP contribution in [0.5, 0.6) is 0 Å². The van der Waals surface area contributed by atoms with Gasteiger partial charge in [0.2, 0.25) is 0 Å². The molecule has 5 nitrogen and oxygen atoms in total. The highest BCUT2D eigenvalue weighted by atomic mass is 19.1. The summed E-state index contributed by atoms with van der Waals surface area (Å²) in [7, 11) is 0. The molecule has 21 heavy (non-hydrogen) atoms. The molecule has 1 fully saturated rings. The molecule has 1 aromatic carbocycles. The van der Waals surface area contributed by atoms with Gasteiger partial charge in [0.05, 0.1) is 11.3 Å². The number of ether oxygens (including phenoxy) is 1. The van der Waals surface area contributed by atoms with E-state index in [4.69, 9.17) is 10.5 Å². The van der Waals surface area contributed by atoms with Gasteiger partial charge in [-0.3, -0.25) is 4.79 Å². The van der Waals surface area contributed by atoms with Gasteiger partial charge in [0.25, 0.3) is 5.91 Å². The molecule has 6 heteroatoms. The van der Waals surface area contributed by atoms with E-state index in [0.29, 0.717) is 0 Å². The summed E-state index contributed by atoms with van der Waals surface area (Å²) < 4.78 is 18.1. The molecule has 0 spiro atoms. The number of halogens is 1. The molecule has 1 aliphatic carbocycles. The number of carbonyl (C=O) groups excluding carboxylic acids is 2. The Labute approximate surface area is 122 Å². The molecule has 1 unspecified atom stereocenters. The highest BCUT2D eigenvalue weighted by Crippen LogP contribution is 2.18. The molecular weight excluding hydrogens is 275 g/mol. The third kappa shape index (κ3) is 3.93. The van der Waals surface area contributed by atoms with E-state index in [1.54, 1.807) is 0 Å². The fourth-order valence-electron chi connectivity index (χ4n) is 2.34. The van der Waals surface area contributed by atoms with Gasteiger partial charge in [-0.25, -0.2) is 9.18 Å². The van der Waals surface area contributed by atoms with E-state index < -0.39 is 17.9 Å². The number of nitrogen functional groups attached to an aromatic ring is 1. The molecule has 1 aromatic rings. The number of hydrogen-bond acceptors (Lipinski definition) is 4. The minimum Gasteiger partial charge on any atom is -0.449 e. The van der Waals surface area contributed by atoms with E-state index in [0.717, 1.165) is 31.7 Å². The van der Waals surface area contributed by atoms with Crippen LogP contribution in [0.1, 0.15) is 43.0 Å². The first-order chi connectivity index (χ1) is 9.97. The first kappa shape index (κ1) is 15.3. The van der Waals surface area contributed by atoms with Gasteiger partial charge in [-0.2, -0.15) is 0 Å². The first-order valence-electron chi connectivity index (χ1n) is 7.03. The predicted molar refractivity (Wildman–Crippen MR) is 76.1 cm³/mol. The lowest BCUT2D eigenvalue weighted by atomic mass is 10.2. The molecular formula is C15H19FN2O3. The molecule has 0 aromatic heterocycles. The second-order valence-corrected chi connectivity index (χ2v) is 5.27. The molecule has 114 valence electrons. The number of hydrogen-bond donors (Lipinski definition) is 2. The summed E-state index contributed by atoms with van der Waals surface area (Å²) in [6.45, 7) is 1.51. The number of benzene rings is 1. The molecule has 1 amide bonds. The van der Waals surface area contributed by atoms with Crippen molar-refractivity contribution in [3.63, 3.8) is 0 Å². The van der Waals surface area contributed by atoms with Gasteiger partial charge in [0.15, 0.2) is 6.10 Å². The number of nitrogens with one attached hydrogen (secondary N) is 1. The van der Waals surface area contributed by atoms with Crippen LogP contribution in [0.4, 0.5) is 10.1 Å².